The van der Waals surface area contributed by atoms with Crippen LogP contribution in [0.3, 0.4) is 0 Å². The van der Waals surface area contributed by atoms with Crippen LogP contribution >= 0.6 is 0 Å². The van der Waals surface area contributed by atoms with Crippen molar-refractivity contribution in [3.63, 3.8) is 0 Å². The van der Waals surface area contributed by atoms with Crippen LogP contribution in [-0.4, -0.2) is 22.1 Å². The van der Waals surface area contributed by atoms with Crippen molar-refractivity contribution in [2.75, 3.05) is 6.61 Å². The molecule has 0 radical (unpaired) electrons. The van der Waals surface area contributed by atoms with Crippen molar-refractivity contribution < 1.29 is 4.74 Å². The number of hydrogen-bond donors (Lipinski definition) is 0. The Morgan fingerprint density at radius 1 is 1.56 bits per heavy atom. The van der Waals surface area contributed by atoms with Gasteiger partial charge in [-0.3, -0.25) is 0 Å². The lowest BCUT2D eigenvalue weighted by atomic mass is 10.1. The quantitative estimate of drug-likeness (QED) is 0.534. The van der Waals surface area contributed by atoms with Gasteiger partial charge in [0.2, 0.25) is 0 Å². The van der Waals surface area contributed by atoms with Gasteiger partial charge in [-0.25, -0.2) is 0 Å². The molecule has 0 aliphatic heterocycles. The first kappa shape index (κ1) is 9.18. The molecule has 2 heteroatoms. The summed E-state index contributed by atoms with van der Waals surface area (Å²) in [5.74, 6) is 0.657. The Labute approximate surface area is 61.2 Å². The Hall–Kier alpha value is 0.177. The monoisotopic (exact) mass is 146 g/mol. The average Bonchev–Trinajstić information content (AvgIpc) is 1.65. The lowest BCUT2D eigenvalue weighted by Gasteiger charge is -2.28. The van der Waals surface area contributed by atoms with Gasteiger partial charge in [-0.2, -0.15) is 0 Å². The molecule has 0 rings (SSSR count). The van der Waals surface area contributed by atoms with Crippen molar-refractivity contribution in [2.24, 2.45) is 5.92 Å². The van der Waals surface area contributed by atoms with E-state index in [4.69, 9.17) is 4.74 Å². The van der Waals surface area contributed by atoms with E-state index in [9.17, 15) is 0 Å². The molecular formula is C7H18OSi. The van der Waals surface area contributed by atoms with Crippen LogP contribution in [0, 0.1) is 5.92 Å². The smallest absolute Gasteiger partial charge is 0.0480 e. The van der Waals surface area contributed by atoms with Gasteiger partial charge in [-0.15, -0.1) is 0 Å². The lowest BCUT2D eigenvalue weighted by Crippen LogP contribution is -2.35. The molecule has 0 aromatic carbocycles. The van der Waals surface area contributed by atoms with Crippen LogP contribution in [0.25, 0.3) is 0 Å². The molecule has 0 saturated heterocycles. The molecule has 1 atom stereocenters. The number of hydrogen-bond acceptors (Lipinski definition) is 1. The second-order valence-electron chi connectivity index (χ2n) is 3.19. The fourth-order valence-corrected chi connectivity index (χ4v) is 0.827. The third-order valence-electron chi connectivity index (χ3n) is 1.91. The van der Waals surface area contributed by atoms with Gasteiger partial charge >= 0.3 is 0 Å². The molecule has 1 nitrogen and oxygen atoms in total. The zero-order chi connectivity index (χ0) is 7.49. The van der Waals surface area contributed by atoms with E-state index in [2.05, 4.69) is 27.7 Å². The van der Waals surface area contributed by atoms with Crippen LogP contribution in [-0.2, 0) is 4.74 Å². The minimum Gasteiger partial charge on any atom is -0.380 e. The maximum absolute atomic E-state index is 5.55. The summed E-state index contributed by atoms with van der Waals surface area (Å²) in [6.45, 7) is 9.51. The maximum atomic E-state index is 5.55. The van der Waals surface area contributed by atoms with Gasteiger partial charge in [0, 0.05) is 22.1 Å². The third-order valence-corrected chi connectivity index (χ3v) is 3.35. The van der Waals surface area contributed by atoms with Crippen molar-refractivity contribution in [1.29, 1.82) is 0 Å². The molecule has 0 aliphatic rings. The highest BCUT2D eigenvalue weighted by Gasteiger charge is 2.21. The summed E-state index contributed by atoms with van der Waals surface area (Å²) in [4.78, 5) is 0. The third kappa shape index (κ3) is 3.01. The standard InChI is InChI=1S/C7H18OSi/c1-5-8-7(4,9)6(2)3/h6H,5H2,1-4,9H3. The van der Waals surface area contributed by atoms with E-state index in [0.717, 1.165) is 16.8 Å². The van der Waals surface area contributed by atoms with Gasteiger partial charge < -0.3 is 4.74 Å². The van der Waals surface area contributed by atoms with Crippen molar-refractivity contribution in [3.8, 4) is 0 Å². The van der Waals surface area contributed by atoms with E-state index in [1.807, 2.05) is 0 Å². The first-order valence-corrected chi connectivity index (χ1v) is 4.64. The first-order valence-electron chi connectivity index (χ1n) is 3.64. The lowest BCUT2D eigenvalue weighted by molar-refractivity contribution is 0.00784. The molecule has 0 amide bonds. The molecule has 0 aromatic heterocycles. The van der Waals surface area contributed by atoms with E-state index in [-0.39, 0.29) is 5.22 Å². The van der Waals surface area contributed by atoms with E-state index in [1.54, 1.807) is 0 Å². The zero-order valence-electron chi connectivity index (χ0n) is 7.19. The molecule has 0 aliphatic carbocycles. The van der Waals surface area contributed by atoms with Gasteiger partial charge in [0.1, 0.15) is 0 Å². The normalized spacial score (nSPS) is 18.3. The van der Waals surface area contributed by atoms with Crippen molar-refractivity contribution >= 4 is 10.2 Å². The Morgan fingerprint density at radius 2 is 2.00 bits per heavy atom. The molecule has 0 heterocycles. The summed E-state index contributed by atoms with van der Waals surface area (Å²) in [6.07, 6.45) is 0. The molecule has 9 heavy (non-hydrogen) atoms. The number of ether oxygens (including phenoxy) is 1. The molecule has 0 aromatic rings. The summed E-state index contributed by atoms with van der Waals surface area (Å²) in [5, 5.41) is 0.189. The highest BCUT2D eigenvalue weighted by molar-refractivity contribution is 6.14. The number of rotatable bonds is 3. The molecule has 0 saturated carbocycles. The Kier molecular flexibility index (Phi) is 3.44. The van der Waals surface area contributed by atoms with E-state index >= 15 is 0 Å². The molecule has 0 bridgehead atoms. The summed E-state index contributed by atoms with van der Waals surface area (Å²) in [6, 6.07) is 0. The Balaban J connectivity index is 3.70. The zero-order valence-corrected chi connectivity index (χ0v) is 9.19. The molecule has 0 N–H and O–H groups in total. The van der Waals surface area contributed by atoms with Crippen molar-refractivity contribution in [3.05, 3.63) is 0 Å². The minimum absolute atomic E-state index is 0.189. The van der Waals surface area contributed by atoms with Crippen molar-refractivity contribution in [2.45, 2.75) is 32.9 Å². The summed E-state index contributed by atoms with van der Waals surface area (Å²) in [5.41, 5.74) is 0. The first-order chi connectivity index (χ1) is 4.00. The van der Waals surface area contributed by atoms with E-state index < -0.39 is 0 Å². The van der Waals surface area contributed by atoms with Gasteiger partial charge in [0.15, 0.2) is 0 Å². The van der Waals surface area contributed by atoms with Gasteiger partial charge in [0.05, 0.1) is 0 Å². The highest BCUT2D eigenvalue weighted by atomic mass is 28.1. The maximum Gasteiger partial charge on any atom is 0.0480 e. The van der Waals surface area contributed by atoms with E-state index in [0.29, 0.717) is 5.92 Å². The Bertz CT molecular complexity index is 79.0. The van der Waals surface area contributed by atoms with Crippen LogP contribution in [0.2, 0.25) is 0 Å². The second kappa shape index (κ2) is 3.37. The van der Waals surface area contributed by atoms with Crippen molar-refractivity contribution in [1.82, 2.24) is 0 Å². The molecule has 56 valence electrons. The molecule has 0 spiro atoms. The Morgan fingerprint density at radius 3 is 2.11 bits per heavy atom. The van der Waals surface area contributed by atoms with Crippen LogP contribution in [0.5, 0.6) is 0 Å². The molecular weight excluding hydrogens is 128 g/mol. The predicted octanol–water partition coefficient (Wildman–Crippen LogP) is 0.760. The highest BCUT2D eigenvalue weighted by Crippen LogP contribution is 2.15. The van der Waals surface area contributed by atoms with Crippen LogP contribution in [0.4, 0.5) is 0 Å². The van der Waals surface area contributed by atoms with Gasteiger partial charge in [-0.05, 0) is 19.8 Å². The second-order valence-corrected chi connectivity index (χ2v) is 5.18. The minimum atomic E-state index is 0.189. The predicted molar refractivity (Wildman–Crippen MR) is 44.8 cm³/mol. The fourth-order valence-electron chi connectivity index (χ4n) is 0.539. The average molecular weight is 146 g/mol. The summed E-state index contributed by atoms with van der Waals surface area (Å²) >= 11 is 0. The van der Waals surface area contributed by atoms with Crippen LogP contribution in [0.1, 0.15) is 27.7 Å². The molecule has 0 fully saturated rings. The van der Waals surface area contributed by atoms with E-state index in [1.165, 1.54) is 0 Å². The summed E-state index contributed by atoms with van der Waals surface area (Å²) in [7, 11) is 1.12. The van der Waals surface area contributed by atoms with Gasteiger partial charge in [-0.1, -0.05) is 13.8 Å². The van der Waals surface area contributed by atoms with Crippen LogP contribution < -0.4 is 0 Å². The fraction of sp³-hybridized carbons (Fsp3) is 1.00. The molecule has 1 unspecified atom stereocenters. The SMILES string of the molecule is CCOC(C)([SiH3])C(C)C. The summed E-state index contributed by atoms with van der Waals surface area (Å²) < 4.78 is 5.55. The van der Waals surface area contributed by atoms with Crippen LogP contribution in [0.15, 0.2) is 0 Å². The topological polar surface area (TPSA) is 9.23 Å². The largest absolute Gasteiger partial charge is 0.380 e. The van der Waals surface area contributed by atoms with Gasteiger partial charge in [0.25, 0.3) is 0 Å².